The molecule has 2 N–H and O–H groups in total. The highest BCUT2D eigenvalue weighted by Gasteiger charge is 2.34. The topological polar surface area (TPSA) is 87.5 Å². The Morgan fingerprint density at radius 2 is 1.89 bits per heavy atom. The summed E-state index contributed by atoms with van der Waals surface area (Å²) < 4.78 is 1.86. The first-order valence-corrected chi connectivity index (χ1v) is 12.4. The number of benzene rings is 2. The van der Waals surface area contributed by atoms with Crippen molar-refractivity contribution in [1.29, 1.82) is 0 Å². The van der Waals surface area contributed by atoms with Gasteiger partial charge in [0.2, 0.25) is 5.91 Å². The number of aliphatic hydroxyl groups excluding tert-OH is 1. The van der Waals surface area contributed by atoms with Crippen molar-refractivity contribution in [3.63, 3.8) is 0 Å². The molecule has 0 saturated carbocycles. The van der Waals surface area contributed by atoms with Crippen molar-refractivity contribution in [3.8, 4) is 11.3 Å². The smallest absolute Gasteiger partial charge is 0.272 e. The Balaban J connectivity index is 1.54. The molecule has 35 heavy (non-hydrogen) atoms. The van der Waals surface area contributed by atoms with Gasteiger partial charge in [-0.3, -0.25) is 14.3 Å². The van der Waals surface area contributed by atoms with Crippen LogP contribution >= 0.6 is 0 Å². The summed E-state index contributed by atoms with van der Waals surface area (Å²) in [5.41, 5.74) is 4.25. The van der Waals surface area contributed by atoms with Crippen LogP contribution in [0.2, 0.25) is 0 Å². The Hall–Kier alpha value is -3.45. The molecule has 3 aromatic rings. The summed E-state index contributed by atoms with van der Waals surface area (Å²) in [5, 5.41) is 17.5. The zero-order valence-electron chi connectivity index (χ0n) is 20.5. The average molecular weight is 475 g/mol. The van der Waals surface area contributed by atoms with Crippen molar-refractivity contribution >= 4 is 11.8 Å². The molecule has 2 aromatic carbocycles. The molecule has 2 atom stereocenters. The number of aryl methyl sites for hydroxylation is 1. The fourth-order valence-electron chi connectivity index (χ4n) is 4.59. The van der Waals surface area contributed by atoms with Crippen LogP contribution in [0.25, 0.3) is 11.3 Å². The Labute approximate surface area is 206 Å². The molecular weight excluding hydrogens is 440 g/mol. The number of aliphatic hydroxyl groups is 1. The minimum atomic E-state index is -0.511. The maximum Gasteiger partial charge on any atom is 0.272 e. The lowest BCUT2D eigenvalue weighted by molar-refractivity contribution is -0.123. The summed E-state index contributed by atoms with van der Waals surface area (Å²) in [6.07, 6.45) is 4.15. The van der Waals surface area contributed by atoms with Gasteiger partial charge in [-0.05, 0) is 25.0 Å². The van der Waals surface area contributed by atoms with Gasteiger partial charge in [-0.25, -0.2) is 0 Å². The van der Waals surface area contributed by atoms with Gasteiger partial charge < -0.3 is 15.3 Å². The van der Waals surface area contributed by atoms with Crippen LogP contribution in [-0.2, 0) is 4.79 Å². The van der Waals surface area contributed by atoms with Gasteiger partial charge in [0.15, 0.2) is 0 Å². The van der Waals surface area contributed by atoms with E-state index in [4.69, 9.17) is 5.10 Å². The molecule has 0 fully saturated rings. The normalized spacial score (nSPS) is 16.1. The van der Waals surface area contributed by atoms with Crippen molar-refractivity contribution in [1.82, 2.24) is 20.0 Å². The third-order valence-electron chi connectivity index (χ3n) is 6.56. The second-order valence-corrected chi connectivity index (χ2v) is 9.27. The molecule has 2 amide bonds. The number of fused-ring (bicyclic) bond motifs is 1. The van der Waals surface area contributed by atoms with Crippen molar-refractivity contribution in [3.05, 3.63) is 77.5 Å². The Bertz CT molecular complexity index is 1140. The van der Waals surface area contributed by atoms with E-state index in [-0.39, 0.29) is 31.0 Å². The van der Waals surface area contributed by atoms with Gasteiger partial charge in [-0.15, -0.1) is 0 Å². The molecular formula is C28H34N4O3. The fourth-order valence-corrected chi connectivity index (χ4v) is 4.59. The van der Waals surface area contributed by atoms with Crippen LogP contribution in [0.5, 0.6) is 0 Å². The highest BCUT2D eigenvalue weighted by atomic mass is 16.3. The van der Waals surface area contributed by atoms with Gasteiger partial charge >= 0.3 is 0 Å². The molecule has 1 aromatic heterocycles. The summed E-state index contributed by atoms with van der Waals surface area (Å²) in [4.78, 5) is 27.9. The molecule has 2 heterocycles. The van der Waals surface area contributed by atoms with Crippen molar-refractivity contribution in [2.45, 2.75) is 51.6 Å². The third kappa shape index (κ3) is 5.80. The number of hydrogen-bond acceptors (Lipinski definition) is 4. The van der Waals surface area contributed by atoms with Gasteiger partial charge in [0.1, 0.15) is 5.69 Å². The molecule has 0 bridgehead atoms. The van der Waals surface area contributed by atoms with E-state index < -0.39 is 6.04 Å². The van der Waals surface area contributed by atoms with E-state index in [2.05, 4.69) is 12.2 Å². The maximum absolute atomic E-state index is 13.4. The van der Waals surface area contributed by atoms with E-state index >= 15 is 0 Å². The summed E-state index contributed by atoms with van der Waals surface area (Å²) in [5.74, 6) is -0.488. The first kappa shape index (κ1) is 24.7. The summed E-state index contributed by atoms with van der Waals surface area (Å²) in [6.45, 7) is 4.37. The average Bonchev–Trinajstić information content (AvgIpc) is 3.32. The predicted octanol–water partition coefficient (Wildman–Crippen LogP) is 4.29. The highest BCUT2D eigenvalue weighted by molar-refractivity contribution is 5.97. The zero-order valence-corrected chi connectivity index (χ0v) is 20.5. The second kappa shape index (κ2) is 11.3. The van der Waals surface area contributed by atoms with Crippen molar-refractivity contribution < 1.29 is 14.7 Å². The molecule has 1 aliphatic rings. The van der Waals surface area contributed by atoms with Crippen molar-refractivity contribution in [2.24, 2.45) is 0 Å². The monoisotopic (exact) mass is 474 g/mol. The number of unbranched alkanes of at least 4 members (excludes halogenated alkanes) is 2. The molecule has 4 rings (SSSR count). The van der Waals surface area contributed by atoms with Gasteiger partial charge in [0, 0.05) is 12.1 Å². The van der Waals surface area contributed by atoms with Gasteiger partial charge in [0.05, 0.1) is 30.9 Å². The number of nitrogens with one attached hydrogen (secondary N) is 1. The van der Waals surface area contributed by atoms with Crippen LogP contribution < -0.4 is 5.32 Å². The van der Waals surface area contributed by atoms with Gasteiger partial charge in [-0.1, -0.05) is 86.3 Å². The van der Waals surface area contributed by atoms with E-state index in [1.54, 1.807) is 4.90 Å². The molecule has 0 spiro atoms. The van der Waals surface area contributed by atoms with Crippen LogP contribution in [0.1, 0.15) is 66.3 Å². The molecule has 7 heteroatoms. The summed E-state index contributed by atoms with van der Waals surface area (Å²) >= 11 is 0. The molecule has 184 valence electrons. The van der Waals surface area contributed by atoms with E-state index in [1.807, 2.05) is 72.3 Å². The van der Waals surface area contributed by atoms with Crippen LogP contribution in [0.15, 0.2) is 60.7 Å². The van der Waals surface area contributed by atoms with E-state index in [9.17, 15) is 14.7 Å². The molecule has 0 aliphatic carbocycles. The third-order valence-corrected chi connectivity index (χ3v) is 6.56. The molecule has 0 radical (unpaired) electrons. The van der Waals surface area contributed by atoms with E-state index in [0.717, 1.165) is 42.5 Å². The number of rotatable bonds is 10. The number of carbonyl (C=O) groups is 2. The number of amides is 2. The van der Waals surface area contributed by atoms with Crippen LogP contribution in [0.4, 0.5) is 0 Å². The lowest BCUT2D eigenvalue weighted by atomic mass is 10.0. The number of aromatic nitrogens is 2. The predicted molar refractivity (Wildman–Crippen MR) is 136 cm³/mol. The molecule has 1 aliphatic heterocycles. The highest BCUT2D eigenvalue weighted by Crippen LogP contribution is 2.29. The Morgan fingerprint density at radius 1 is 1.14 bits per heavy atom. The lowest BCUT2D eigenvalue weighted by Gasteiger charge is -2.33. The number of carbonyl (C=O) groups excluding carboxylic acids is 2. The van der Waals surface area contributed by atoms with Crippen molar-refractivity contribution in [2.75, 3.05) is 19.7 Å². The zero-order chi connectivity index (χ0) is 24.8. The van der Waals surface area contributed by atoms with Crippen LogP contribution in [0, 0.1) is 6.92 Å². The quantitative estimate of drug-likeness (QED) is 0.429. The van der Waals surface area contributed by atoms with Gasteiger partial charge in [0.25, 0.3) is 5.91 Å². The first-order valence-electron chi connectivity index (χ1n) is 12.4. The second-order valence-electron chi connectivity index (χ2n) is 9.27. The minimum absolute atomic E-state index is 0.0176. The maximum atomic E-state index is 13.4. The van der Waals surface area contributed by atoms with E-state index in [1.165, 1.54) is 5.56 Å². The van der Waals surface area contributed by atoms with Crippen LogP contribution in [-0.4, -0.2) is 51.3 Å². The Kier molecular flexibility index (Phi) is 7.98. The number of hydrogen-bond donors (Lipinski definition) is 2. The number of nitrogens with zero attached hydrogens (tertiary/aromatic N) is 3. The Morgan fingerprint density at radius 3 is 2.57 bits per heavy atom. The summed E-state index contributed by atoms with van der Waals surface area (Å²) in [6, 6.07) is 18.8. The lowest BCUT2D eigenvalue weighted by Crippen LogP contribution is -2.48. The SMILES string of the molecule is CCCCCC1CN(CC(=O)NC(CO)c2ccccc2)C(=O)c2cc(-c3ccc(C)cc3)nn21. The standard InChI is InChI=1S/C28H34N4O3/c1-3-4-6-11-23-17-31(18-27(34)29-25(19-33)21-9-7-5-8-10-21)28(35)26-16-24(30-32(23)26)22-14-12-20(2)13-15-22/h5,7-10,12-16,23,25,33H,3-4,6,11,17-19H2,1-2H3,(H,29,34). The molecule has 7 nitrogen and oxygen atoms in total. The minimum Gasteiger partial charge on any atom is -0.394 e. The molecule has 0 saturated heterocycles. The molecule has 2 unspecified atom stereocenters. The first-order chi connectivity index (χ1) is 17.0. The van der Waals surface area contributed by atoms with Crippen LogP contribution in [0.3, 0.4) is 0 Å². The largest absolute Gasteiger partial charge is 0.394 e. The summed E-state index contributed by atoms with van der Waals surface area (Å²) in [7, 11) is 0. The van der Waals surface area contributed by atoms with Gasteiger partial charge in [-0.2, -0.15) is 5.10 Å². The van der Waals surface area contributed by atoms with E-state index in [0.29, 0.717) is 12.2 Å². The fraction of sp³-hybridized carbons (Fsp3) is 0.393.